The Balaban J connectivity index is 1.66. The van der Waals surface area contributed by atoms with Gasteiger partial charge in [0.15, 0.2) is 0 Å². The van der Waals surface area contributed by atoms with Crippen LogP contribution in [0, 0.1) is 27.7 Å². The number of ether oxygens (including phenoxy) is 1. The van der Waals surface area contributed by atoms with Crippen molar-refractivity contribution in [2.45, 2.75) is 50.5 Å². The Morgan fingerprint density at radius 2 is 1.64 bits per heavy atom. The Labute approximate surface area is 216 Å². The molecule has 4 rings (SSSR count). The zero-order valence-corrected chi connectivity index (χ0v) is 22.2. The number of sulfone groups is 1. The average molecular weight is 526 g/mol. The molecule has 188 valence electrons. The second-order valence-corrected chi connectivity index (χ2v) is 11.1. The van der Waals surface area contributed by atoms with Crippen LogP contribution in [0.5, 0.6) is 5.75 Å². The van der Waals surface area contributed by atoms with Crippen LogP contribution >= 0.6 is 11.6 Å². The number of nitrogens with zero attached hydrogens (tertiary/aromatic N) is 1. The Hall–Kier alpha value is -3.29. The number of hydrogen-bond donors (Lipinski definition) is 1. The summed E-state index contributed by atoms with van der Waals surface area (Å²) < 4.78 is 35.1. The number of hydrogen-bond acceptors (Lipinski definition) is 4. The minimum absolute atomic E-state index is 0.0236. The minimum atomic E-state index is -3.98. The second kappa shape index (κ2) is 9.99. The van der Waals surface area contributed by atoms with Crippen molar-refractivity contribution in [3.05, 3.63) is 87.7 Å². The fraction of sp³-hybridized carbons (Fsp3) is 0.250. The summed E-state index contributed by atoms with van der Waals surface area (Å²) in [6, 6.07) is 16.1. The summed E-state index contributed by atoms with van der Waals surface area (Å²) in [6.45, 7) is 7.66. The van der Waals surface area contributed by atoms with Crippen LogP contribution in [-0.4, -0.2) is 30.7 Å². The lowest BCUT2D eigenvalue weighted by molar-refractivity contribution is 0.0683. The van der Waals surface area contributed by atoms with Crippen LogP contribution < -0.4 is 4.74 Å². The molecule has 0 fully saturated rings. The highest BCUT2D eigenvalue weighted by molar-refractivity contribution is 7.91. The molecule has 0 saturated heterocycles. The Bertz CT molecular complexity index is 1560. The second-order valence-electron chi connectivity index (χ2n) is 8.90. The van der Waals surface area contributed by atoms with Gasteiger partial charge in [-0.15, -0.1) is 0 Å². The van der Waals surface area contributed by atoms with E-state index >= 15 is 0 Å². The first-order valence-corrected chi connectivity index (χ1v) is 13.5. The van der Waals surface area contributed by atoms with Crippen LogP contribution in [0.15, 0.2) is 64.4 Å². The summed E-state index contributed by atoms with van der Waals surface area (Å²) in [4.78, 5) is 12.4. The number of carbonyl (C=O) groups is 1. The van der Waals surface area contributed by atoms with Crippen LogP contribution in [0.1, 0.15) is 39.3 Å². The third-order valence-corrected chi connectivity index (χ3v) is 9.08. The number of rotatable bonds is 8. The summed E-state index contributed by atoms with van der Waals surface area (Å²) in [5.74, 6) is -0.479. The van der Waals surface area contributed by atoms with E-state index < -0.39 is 15.8 Å². The van der Waals surface area contributed by atoms with Gasteiger partial charge in [-0.25, -0.2) is 13.2 Å². The molecule has 8 heteroatoms. The van der Waals surface area contributed by atoms with E-state index in [0.717, 1.165) is 16.5 Å². The zero-order valence-electron chi connectivity index (χ0n) is 20.6. The molecule has 0 atom stereocenters. The van der Waals surface area contributed by atoms with Gasteiger partial charge in [-0.3, -0.25) is 0 Å². The van der Waals surface area contributed by atoms with Crippen molar-refractivity contribution in [1.29, 1.82) is 0 Å². The topological polar surface area (TPSA) is 85.6 Å². The molecule has 0 spiro atoms. The highest BCUT2D eigenvalue weighted by Crippen LogP contribution is 2.35. The highest BCUT2D eigenvalue weighted by Gasteiger charge is 2.32. The molecule has 6 nitrogen and oxygen atoms in total. The van der Waals surface area contributed by atoms with E-state index in [0.29, 0.717) is 41.4 Å². The van der Waals surface area contributed by atoms with Crippen LogP contribution in [-0.2, 0) is 16.4 Å². The van der Waals surface area contributed by atoms with Gasteiger partial charge in [0.2, 0.25) is 9.84 Å². The van der Waals surface area contributed by atoms with Crippen molar-refractivity contribution in [3.8, 4) is 5.75 Å². The minimum Gasteiger partial charge on any atom is -0.494 e. The zero-order chi connectivity index (χ0) is 26.2. The summed E-state index contributed by atoms with van der Waals surface area (Å²) >= 11 is 6.22. The van der Waals surface area contributed by atoms with Gasteiger partial charge in [-0.1, -0.05) is 48.0 Å². The van der Waals surface area contributed by atoms with Crippen molar-refractivity contribution in [2.75, 3.05) is 6.61 Å². The number of carboxylic acids is 1. The van der Waals surface area contributed by atoms with Crippen LogP contribution in [0.4, 0.5) is 0 Å². The van der Waals surface area contributed by atoms with E-state index in [2.05, 4.69) is 0 Å². The van der Waals surface area contributed by atoms with Crippen LogP contribution in [0.25, 0.3) is 10.8 Å². The van der Waals surface area contributed by atoms with Gasteiger partial charge in [0.1, 0.15) is 11.4 Å². The molecule has 4 aromatic rings. The first-order valence-electron chi connectivity index (χ1n) is 11.6. The first-order chi connectivity index (χ1) is 17.0. The summed E-state index contributed by atoms with van der Waals surface area (Å²) in [7, 11) is -3.98. The van der Waals surface area contributed by atoms with E-state index in [1.54, 1.807) is 42.7 Å². The first kappa shape index (κ1) is 25.8. The van der Waals surface area contributed by atoms with Crippen molar-refractivity contribution in [1.82, 2.24) is 4.57 Å². The number of aromatic nitrogens is 1. The van der Waals surface area contributed by atoms with Gasteiger partial charge >= 0.3 is 5.97 Å². The molecule has 1 aromatic heterocycles. The lowest BCUT2D eigenvalue weighted by Gasteiger charge is -2.13. The van der Waals surface area contributed by atoms with Gasteiger partial charge in [0.05, 0.1) is 16.4 Å². The SMILES string of the molecule is Cc1cc(OCCCn2c(C)c(S(=O)(=O)c3cccc4ccccc34)c(C)c2C(=O)O)cc(C)c1Cl. The van der Waals surface area contributed by atoms with Crippen molar-refractivity contribution < 1.29 is 23.1 Å². The standard InChI is InChI=1S/C28H28ClNO5S/c1-17-15-22(16-18(2)25(17)29)35-14-8-13-30-20(4)27(19(3)26(30)28(31)32)36(33,34)24-12-7-10-21-9-5-6-11-23(21)24/h5-7,9-12,15-16H,8,13-14H2,1-4H3,(H,31,32). The fourth-order valence-electron chi connectivity index (χ4n) is 4.77. The maximum Gasteiger partial charge on any atom is 0.352 e. The lowest BCUT2D eigenvalue weighted by Crippen LogP contribution is -2.13. The quantitative estimate of drug-likeness (QED) is 0.264. The van der Waals surface area contributed by atoms with Crippen LogP contribution in [0.2, 0.25) is 5.02 Å². The lowest BCUT2D eigenvalue weighted by atomic mass is 10.1. The molecule has 0 aliphatic heterocycles. The van der Waals surface area contributed by atoms with Gasteiger partial charge in [0, 0.05) is 28.2 Å². The molecule has 1 N–H and O–H groups in total. The molecule has 0 unspecified atom stereocenters. The van der Waals surface area contributed by atoms with Crippen molar-refractivity contribution in [2.24, 2.45) is 0 Å². The maximum absolute atomic E-state index is 13.8. The van der Waals surface area contributed by atoms with Gasteiger partial charge in [-0.2, -0.15) is 0 Å². The molecular formula is C28H28ClNO5S. The van der Waals surface area contributed by atoms with E-state index in [1.807, 2.05) is 44.2 Å². The molecule has 0 bridgehead atoms. The molecule has 36 heavy (non-hydrogen) atoms. The Morgan fingerprint density at radius 1 is 1.00 bits per heavy atom. The molecule has 0 aliphatic rings. The molecule has 0 amide bonds. The molecule has 0 radical (unpaired) electrons. The predicted molar refractivity (Wildman–Crippen MR) is 141 cm³/mol. The number of carboxylic acid groups (broad SMARTS) is 1. The summed E-state index contributed by atoms with van der Waals surface area (Å²) in [6.07, 6.45) is 0.490. The molecule has 1 heterocycles. The molecule has 0 saturated carbocycles. The Morgan fingerprint density at radius 3 is 2.31 bits per heavy atom. The van der Waals surface area contributed by atoms with E-state index in [1.165, 1.54) is 0 Å². The maximum atomic E-state index is 13.8. The fourth-order valence-corrected chi connectivity index (χ4v) is 6.83. The number of fused-ring (bicyclic) bond motifs is 1. The molecular weight excluding hydrogens is 498 g/mol. The van der Waals surface area contributed by atoms with E-state index in [4.69, 9.17) is 16.3 Å². The van der Waals surface area contributed by atoms with Crippen LogP contribution in [0.3, 0.4) is 0 Å². The third kappa shape index (κ3) is 4.61. The normalized spacial score (nSPS) is 11.7. The summed E-state index contributed by atoms with van der Waals surface area (Å²) in [5, 5.41) is 12.1. The van der Waals surface area contributed by atoms with E-state index in [9.17, 15) is 18.3 Å². The Kier molecular flexibility index (Phi) is 7.16. The van der Waals surface area contributed by atoms with Gasteiger partial charge in [-0.05, 0) is 68.8 Å². The summed E-state index contributed by atoms with van der Waals surface area (Å²) in [5.41, 5.74) is 2.44. The predicted octanol–water partition coefficient (Wildman–Crippen LogP) is 6.53. The molecule has 0 aliphatic carbocycles. The molecule has 3 aromatic carbocycles. The van der Waals surface area contributed by atoms with Gasteiger partial charge < -0.3 is 14.4 Å². The number of aryl methyl sites for hydroxylation is 2. The van der Waals surface area contributed by atoms with Gasteiger partial charge in [0.25, 0.3) is 0 Å². The number of benzene rings is 3. The third-order valence-electron chi connectivity index (χ3n) is 6.41. The average Bonchev–Trinajstić information content (AvgIpc) is 3.09. The van der Waals surface area contributed by atoms with Crippen molar-refractivity contribution in [3.63, 3.8) is 0 Å². The largest absolute Gasteiger partial charge is 0.494 e. The number of halogens is 1. The highest BCUT2D eigenvalue weighted by atomic mass is 35.5. The number of aromatic carboxylic acids is 1. The monoisotopic (exact) mass is 525 g/mol. The van der Waals surface area contributed by atoms with Crippen molar-refractivity contribution >= 4 is 38.2 Å². The van der Waals surface area contributed by atoms with E-state index in [-0.39, 0.29) is 21.0 Å². The smallest absolute Gasteiger partial charge is 0.352 e.